The van der Waals surface area contributed by atoms with E-state index in [1.807, 2.05) is 6.07 Å². The predicted molar refractivity (Wildman–Crippen MR) is 65.4 cm³/mol. The number of hydrogen-bond donors (Lipinski definition) is 1. The Kier molecular flexibility index (Phi) is 2.55. The molecule has 0 radical (unpaired) electrons. The number of anilines is 1. The molecule has 3 rings (SSSR count). The number of nitrogens with zero attached hydrogens (tertiary/aromatic N) is 2. The highest BCUT2D eigenvalue weighted by molar-refractivity contribution is 5.57. The molecule has 17 heavy (non-hydrogen) atoms. The van der Waals surface area contributed by atoms with E-state index in [1.165, 1.54) is 19.3 Å². The topological polar surface area (TPSA) is 64.9 Å². The lowest BCUT2D eigenvalue weighted by atomic mass is 10.1. The molecular weight excluding hydrogens is 214 g/mol. The Balaban J connectivity index is 2.09. The second-order valence-electron chi connectivity index (χ2n) is 4.43. The van der Waals surface area contributed by atoms with Crippen molar-refractivity contribution in [2.45, 2.75) is 32.1 Å². The summed E-state index contributed by atoms with van der Waals surface area (Å²) in [5, 5.41) is 0. The molecule has 4 nitrogen and oxygen atoms in total. The van der Waals surface area contributed by atoms with Crippen molar-refractivity contribution in [1.82, 2.24) is 9.97 Å². The standard InChI is InChI=1S/C13H15N3O/c14-12-10-4-2-1-3-5-11(10)15-13(16-12)9-6-7-17-8-9/h6-8H,1-5H2,(H2,14,15,16). The fraction of sp³-hybridized carbons (Fsp3) is 0.385. The first kappa shape index (κ1) is 10.3. The number of furan rings is 1. The first-order valence-electron chi connectivity index (χ1n) is 6.02. The van der Waals surface area contributed by atoms with Gasteiger partial charge in [0.05, 0.1) is 11.8 Å². The fourth-order valence-corrected chi connectivity index (χ4v) is 2.32. The summed E-state index contributed by atoms with van der Waals surface area (Å²) in [5.41, 5.74) is 9.19. The van der Waals surface area contributed by atoms with Gasteiger partial charge >= 0.3 is 0 Å². The fourth-order valence-electron chi connectivity index (χ4n) is 2.32. The van der Waals surface area contributed by atoms with Crippen LogP contribution in [0.3, 0.4) is 0 Å². The second kappa shape index (κ2) is 4.20. The quantitative estimate of drug-likeness (QED) is 0.763. The molecule has 0 aliphatic heterocycles. The molecule has 0 atom stereocenters. The number of hydrogen-bond acceptors (Lipinski definition) is 4. The van der Waals surface area contributed by atoms with Crippen molar-refractivity contribution < 1.29 is 4.42 Å². The summed E-state index contributed by atoms with van der Waals surface area (Å²) in [4.78, 5) is 9.00. The molecule has 1 aliphatic carbocycles. The van der Waals surface area contributed by atoms with Gasteiger partial charge in [0, 0.05) is 11.3 Å². The molecule has 2 heterocycles. The van der Waals surface area contributed by atoms with Gasteiger partial charge in [-0.1, -0.05) is 6.42 Å². The Morgan fingerprint density at radius 2 is 2.00 bits per heavy atom. The number of aryl methyl sites for hydroxylation is 1. The van der Waals surface area contributed by atoms with Crippen LogP contribution in [0.2, 0.25) is 0 Å². The highest BCUT2D eigenvalue weighted by atomic mass is 16.3. The molecule has 0 amide bonds. The van der Waals surface area contributed by atoms with Gasteiger partial charge in [-0.25, -0.2) is 9.97 Å². The van der Waals surface area contributed by atoms with Gasteiger partial charge in [0.2, 0.25) is 0 Å². The Morgan fingerprint density at radius 3 is 2.82 bits per heavy atom. The maximum Gasteiger partial charge on any atom is 0.165 e. The van der Waals surface area contributed by atoms with E-state index in [1.54, 1.807) is 12.5 Å². The zero-order chi connectivity index (χ0) is 11.7. The molecule has 2 aromatic heterocycles. The van der Waals surface area contributed by atoms with E-state index in [-0.39, 0.29) is 0 Å². The summed E-state index contributed by atoms with van der Waals surface area (Å²) >= 11 is 0. The molecule has 1 aliphatic rings. The summed E-state index contributed by atoms with van der Waals surface area (Å²) in [6, 6.07) is 1.86. The van der Waals surface area contributed by atoms with E-state index in [2.05, 4.69) is 9.97 Å². The number of rotatable bonds is 1. The lowest BCUT2D eigenvalue weighted by Gasteiger charge is -2.09. The van der Waals surface area contributed by atoms with Gasteiger partial charge in [-0.05, 0) is 31.7 Å². The van der Waals surface area contributed by atoms with Gasteiger partial charge in [-0.15, -0.1) is 0 Å². The molecule has 0 fully saturated rings. The highest BCUT2D eigenvalue weighted by Gasteiger charge is 2.16. The lowest BCUT2D eigenvalue weighted by Crippen LogP contribution is -2.06. The van der Waals surface area contributed by atoms with Gasteiger partial charge in [0.1, 0.15) is 12.1 Å². The Labute approximate surface area is 99.9 Å². The van der Waals surface area contributed by atoms with E-state index < -0.39 is 0 Å². The molecule has 0 saturated carbocycles. The minimum absolute atomic E-state index is 0.633. The summed E-state index contributed by atoms with van der Waals surface area (Å²) in [6.45, 7) is 0. The van der Waals surface area contributed by atoms with E-state index in [4.69, 9.17) is 10.2 Å². The van der Waals surface area contributed by atoms with Gasteiger partial charge in [-0.3, -0.25) is 0 Å². The molecule has 0 saturated heterocycles. The first-order valence-corrected chi connectivity index (χ1v) is 6.02. The van der Waals surface area contributed by atoms with Crippen molar-refractivity contribution in [2.24, 2.45) is 0 Å². The van der Waals surface area contributed by atoms with Crippen LogP contribution in [0.1, 0.15) is 30.5 Å². The van der Waals surface area contributed by atoms with Gasteiger partial charge in [0.25, 0.3) is 0 Å². The van der Waals surface area contributed by atoms with Gasteiger partial charge in [0.15, 0.2) is 5.82 Å². The summed E-state index contributed by atoms with van der Waals surface area (Å²) < 4.78 is 5.06. The smallest absolute Gasteiger partial charge is 0.165 e. The van der Waals surface area contributed by atoms with Crippen molar-refractivity contribution >= 4 is 5.82 Å². The maximum absolute atomic E-state index is 6.04. The first-order chi connectivity index (χ1) is 8.34. The van der Waals surface area contributed by atoms with Gasteiger partial charge < -0.3 is 10.2 Å². The predicted octanol–water partition coefficient (Wildman–Crippen LogP) is 2.59. The van der Waals surface area contributed by atoms with Crippen LogP contribution in [0.4, 0.5) is 5.82 Å². The third-order valence-corrected chi connectivity index (χ3v) is 3.24. The van der Waals surface area contributed by atoms with Crippen molar-refractivity contribution in [2.75, 3.05) is 5.73 Å². The van der Waals surface area contributed by atoms with E-state index in [0.717, 1.165) is 29.7 Å². The van der Waals surface area contributed by atoms with Gasteiger partial charge in [-0.2, -0.15) is 0 Å². The minimum atomic E-state index is 0.633. The zero-order valence-corrected chi connectivity index (χ0v) is 9.65. The summed E-state index contributed by atoms with van der Waals surface area (Å²) in [7, 11) is 0. The number of fused-ring (bicyclic) bond motifs is 1. The number of nitrogens with two attached hydrogens (primary N) is 1. The molecule has 4 heteroatoms. The average Bonchev–Trinajstić information content (AvgIpc) is 2.75. The van der Waals surface area contributed by atoms with Crippen LogP contribution >= 0.6 is 0 Å². The molecule has 2 N–H and O–H groups in total. The SMILES string of the molecule is Nc1nc(-c2ccoc2)nc2c1CCCCC2. The van der Waals surface area contributed by atoms with Crippen LogP contribution in [0.25, 0.3) is 11.4 Å². The number of nitrogen functional groups attached to an aromatic ring is 1. The largest absolute Gasteiger partial charge is 0.472 e. The Bertz CT molecular complexity index is 520. The molecule has 0 aromatic carbocycles. The highest BCUT2D eigenvalue weighted by Crippen LogP contribution is 2.26. The van der Waals surface area contributed by atoms with E-state index >= 15 is 0 Å². The Morgan fingerprint density at radius 1 is 1.12 bits per heavy atom. The Hall–Kier alpha value is -1.84. The van der Waals surface area contributed by atoms with Crippen LogP contribution in [0.15, 0.2) is 23.0 Å². The van der Waals surface area contributed by atoms with Crippen molar-refractivity contribution in [3.8, 4) is 11.4 Å². The molecule has 88 valence electrons. The number of aromatic nitrogens is 2. The average molecular weight is 229 g/mol. The van der Waals surface area contributed by atoms with Crippen molar-refractivity contribution in [3.05, 3.63) is 29.9 Å². The van der Waals surface area contributed by atoms with E-state index in [0.29, 0.717) is 11.6 Å². The molecule has 0 unspecified atom stereocenters. The monoisotopic (exact) mass is 229 g/mol. The van der Waals surface area contributed by atoms with E-state index in [9.17, 15) is 0 Å². The molecular formula is C13H15N3O. The molecule has 0 spiro atoms. The van der Waals surface area contributed by atoms with Crippen LogP contribution in [-0.4, -0.2) is 9.97 Å². The van der Waals surface area contributed by atoms with Crippen LogP contribution in [-0.2, 0) is 12.8 Å². The zero-order valence-electron chi connectivity index (χ0n) is 9.65. The third kappa shape index (κ3) is 1.90. The third-order valence-electron chi connectivity index (χ3n) is 3.24. The van der Waals surface area contributed by atoms with Crippen LogP contribution < -0.4 is 5.73 Å². The minimum Gasteiger partial charge on any atom is -0.472 e. The summed E-state index contributed by atoms with van der Waals surface area (Å²) in [6.07, 6.45) is 8.91. The van der Waals surface area contributed by atoms with Crippen LogP contribution in [0.5, 0.6) is 0 Å². The summed E-state index contributed by atoms with van der Waals surface area (Å²) in [5.74, 6) is 1.31. The molecule has 0 bridgehead atoms. The molecule has 2 aromatic rings. The maximum atomic E-state index is 6.04. The normalized spacial score (nSPS) is 15.3. The van der Waals surface area contributed by atoms with Crippen molar-refractivity contribution in [1.29, 1.82) is 0 Å². The second-order valence-corrected chi connectivity index (χ2v) is 4.43. The van der Waals surface area contributed by atoms with Crippen molar-refractivity contribution in [3.63, 3.8) is 0 Å². The van der Waals surface area contributed by atoms with Crippen LogP contribution in [0, 0.1) is 0 Å². The lowest BCUT2D eigenvalue weighted by molar-refractivity contribution is 0.568.